The van der Waals surface area contributed by atoms with Crippen molar-refractivity contribution in [1.82, 2.24) is 0 Å². The van der Waals surface area contributed by atoms with E-state index in [0.29, 0.717) is 21.8 Å². The standard InChI is InChI=1S/C20H12O4S/c21-19-14-7-2-4-10-17(14)25-18(19)12-13-6-1-3-8-15(13)24-20(22)16-9-5-11-23-16/h1-12H/b18-12+. The van der Waals surface area contributed by atoms with Crippen molar-refractivity contribution in [2.75, 3.05) is 0 Å². The van der Waals surface area contributed by atoms with Crippen molar-refractivity contribution in [1.29, 1.82) is 0 Å². The molecule has 4 nitrogen and oxygen atoms in total. The molecular weight excluding hydrogens is 336 g/mol. The predicted octanol–water partition coefficient (Wildman–Crippen LogP) is 4.83. The Morgan fingerprint density at radius 1 is 1.00 bits per heavy atom. The largest absolute Gasteiger partial charge is 0.457 e. The molecular formula is C20H12O4S. The Kier molecular flexibility index (Phi) is 3.99. The molecule has 25 heavy (non-hydrogen) atoms. The lowest BCUT2D eigenvalue weighted by atomic mass is 10.1. The van der Waals surface area contributed by atoms with Crippen molar-refractivity contribution < 1.29 is 18.7 Å². The molecule has 0 N–H and O–H groups in total. The quantitative estimate of drug-likeness (QED) is 0.385. The average molecular weight is 348 g/mol. The van der Waals surface area contributed by atoms with Crippen LogP contribution in [0.5, 0.6) is 5.75 Å². The van der Waals surface area contributed by atoms with E-state index >= 15 is 0 Å². The summed E-state index contributed by atoms with van der Waals surface area (Å²) >= 11 is 1.42. The monoisotopic (exact) mass is 348 g/mol. The molecule has 2 aromatic carbocycles. The zero-order valence-corrected chi connectivity index (χ0v) is 13.8. The van der Waals surface area contributed by atoms with Gasteiger partial charge in [-0.2, -0.15) is 0 Å². The van der Waals surface area contributed by atoms with Gasteiger partial charge in [-0.3, -0.25) is 4.79 Å². The number of ether oxygens (including phenoxy) is 1. The number of esters is 1. The van der Waals surface area contributed by atoms with Gasteiger partial charge in [0.2, 0.25) is 11.5 Å². The van der Waals surface area contributed by atoms with Gasteiger partial charge in [-0.1, -0.05) is 42.1 Å². The number of rotatable bonds is 3. The van der Waals surface area contributed by atoms with Crippen molar-refractivity contribution in [3.63, 3.8) is 0 Å². The van der Waals surface area contributed by atoms with E-state index in [2.05, 4.69) is 0 Å². The van der Waals surface area contributed by atoms with Gasteiger partial charge in [-0.05, 0) is 36.4 Å². The number of fused-ring (bicyclic) bond motifs is 1. The summed E-state index contributed by atoms with van der Waals surface area (Å²) in [7, 11) is 0. The van der Waals surface area contributed by atoms with Gasteiger partial charge in [0.25, 0.3) is 0 Å². The van der Waals surface area contributed by atoms with Crippen molar-refractivity contribution in [2.45, 2.75) is 4.90 Å². The van der Waals surface area contributed by atoms with Gasteiger partial charge < -0.3 is 9.15 Å². The number of carbonyl (C=O) groups is 2. The van der Waals surface area contributed by atoms with Crippen molar-refractivity contribution in [2.24, 2.45) is 0 Å². The molecule has 1 aliphatic rings. The lowest BCUT2D eigenvalue weighted by molar-refractivity contribution is 0.0701. The van der Waals surface area contributed by atoms with E-state index < -0.39 is 5.97 Å². The topological polar surface area (TPSA) is 56.5 Å². The molecule has 5 heteroatoms. The minimum Gasteiger partial charge on any atom is -0.457 e. The van der Waals surface area contributed by atoms with Gasteiger partial charge in [0, 0.05) is 16.0 Å². The predicted molar refractivity (Wildman–Crippen MR) is 94.7 cm³/mol. The SMILES string of the molecule is O=C(Oc1ccccc1/C=C1/Sc2ccccc2C1=O)c1ccco1. The molecule has 0 unspecified atom stereocenters. The maximum absolute atomic E-state index is 12.5. The number of carbonyl (C=O) groups excluding carboxylic acids is 2. The maximum Gasteiger partial charge on any atom is 0.379 e. The third-order valence-corrected chi connectivity index (χ3v) is 4.81. The van der Waals surface area contributed by atoms with Crippen LogP contribution >= 0.6 is 11.8 Å². The second-order valence-electron chi connectivity index (χ2n) is 5.34. The molecule has 0 amide bonds. The summed E-state index contributed by atoms with van der Waals surface area (Å²) in [6.07, 6.45) is 3.16. The fourth-order valence-electron chi connectivity index (χ4n) is 2.51. The van der Waals surface area contributed by atoms with Crippen LogP contribution < -0.4 is 4.74 Å². The van der Waals surface area contributed by atoms with Crippen LogP contribution in [0.3, 0.4) is 0 Å². The fourth-order valence-corrected chi connectivity index (χ4v) is 3.56. The van der Waals surface area contributed by atoms with E-state index in [9.17, 15) is 9.59 Å². The highest BCUT2D eigenvalue weighted by molar-refractivity contribution is 8.04. The molecule has 4 rings (SSSR count). The van der Waals surface area contributed by atoms with Crippen molar-refractivity contribution in [3.8, 4) is 5.75 Å². The third-order valence-electron chi connectivity index (χ3n) is 3.71. The number of allylic oxidation sites excluding steroid dienone is 1. The summed E-state index contributed by atoms with van der Waals surface area (Å²) in [5.41, 5.74) is 1.36. The number of para-hydroxylation sites is 1. The van der Waals surface area contributed by atoms with Gasteiger partial charge in [-0.25, -0.2) is 4.79 Å². The summed E-state index contributed by atoms with van der Waals surface area (Å²) in [5, 5.41) is 0. The van der Waals surface area contributed by atoms with Crippen molar-refractivity contribution in [3.05, 3.63) is 88.7 Å². The summed E-state index contributed by atoms with van der Waals surface area (Å²) in [5.74, 6) is -0.0979. The van der Waals surface area contributed by atoms with E-state index in [1.54, 1.807) is 30.3 Å². The van der Waals surface area contributed by atoms with E-state index in [4.69, 9.17) is 9.15 Å². The third kappa shape index (κ3) is 3.02. The Balaban J connectivity index is 1.64. The molecule has 0 saturated heterocycles. The smallest absolute Gasteiger partial charge is 0.379 e. The molecule has 122 valence electrons. The number of hydrogen-bond donors (Lipinski definition) is 0. The van der Waals surface area contributed by atoms with Crippen LogP contribution in [0, 0.1) is 0 Å². The minimum absolute atomic E-state index is 0.0206. The van der Waals surface area contributed by atoms with Crippen LogP contribution in [-0.4, -0.2) is 11.8 Å². The van der Waals surface area contributed by atoms with Gasteiger partial charge >= 0.3 is 5.97 Å². The van der Waals surface area contributed by atoms with Crippen molar-refractivity contribution >= 4 is 29.6 Å². The highest BCUT2D eigenvalue weighted by Gasteiger charge is 2.25. The zero-order valence-electron chi connectivity index (χ0n) is 13.0. The summed E-state index contributed by atoms with van der Waals surface area (Å²) < 4.78 is 10.5. The zero-order chi connectivity index (χ0) is 17.2. The maximum atomic E-state index is 12.5. The molecule has 1 aromatic heterocycles. The number of benzene rings is 2. The van der Waals surface area contributed by atoms with Crippen LogP contribution in [0.25, 0.3) is 6.08 Å². The van der Waals surface area contributed by atoms with Gasteiger partial charge in [0.1, 0.15) is 5.75 Å². The molecule has 2 heterocycles. The Morgan fingerprint density at radius 3 is 2.60 bits per heavy atom. The Bertz CT molecular complexity index is 986. The highest BCUT2D eigenvalue weighted by Crippen LogP contribution is 2.41. The lowest BCUT2D eigenvalue weighted by Crippen LogP contribution is -2.08. The second kappa shape index (κ2) is 6.45. The Labute approximate surface area is 148 Å². The number of hydrogen-bond acceptors (Lipinski definition) is 5. The number of furan rings is 1. The first-order chi connectivity index (χ1) is 12.2. The molecule has 0 bridgehead atoms. The van der Waals surface area contributed by atoms with Gasteiger partial charge in [0.05, 0.1) is 11.2 Å². The Hall–Kier alpha value is -3.05. The average Bonchev–Trinajstić information content (AvgIpc) is 3.26. The molecule has 0 spiro atoms. The first-order valence-electron chi connectivity index (χ1n) is 7.60. The van der Waals surface area contributed by atoms with Crippen LogP contribution in [0.2, 0.25) is 0 Å². The first kappa shape index (κ1) is 15.5. The van der Waals surface area contributed by atoms with Gasteiger partial charge in [-0.15, -0.1) is 0 Å². The molecule has 0 fully saturated rings. The second-order valence-corrected chi connectivity index (χ2v) is 6.42. The normalized spacial score (nSPS) is 14.6. The van der Waals surface area contributed by atoms with E-state index in [0.717, 1.165) is 4.90 Å². The van der Waals surface area contributed by atoms with Crippen LogP contribution in [0.1, 0.15) is 26.5 Å². The molecule has 0 saturated carbocycles. The van der Waals surface area contributed by atoms with E-state index in [1.165, 1.54) is 24.1 Å². The van der Waals surface area contributed by atoms with E-state index in [-0.39, 0.29) is 11.5 Å². The number of Topliss-reactive ketones (excluding diaryl/α,β-unsaturated/α-hetero) is 1. The summed E-state index contributed by atoms with van der Waals surface area (Å²) in [6, 6.07) is 17.7. The summed E-state index contributed by atoms with van der Waals surface area (Å²) in [4.78, 5) is 26.1. The van der Waals surface area contributed by atoms with E-state index in [1.807, 2.05) is 30.3 Å². The van der Waals surface area contributed by atoms with Crippen LogP contribution in [0.15, 0.2) is 81.1 Å². The van der Waals surface area contributed by atoms with Gasteiger partial charge in [0.15, 0.2) is 0 Å². The fraction of sp³-hybridized carbons (Fsp3) is 0. The lowest BCUT2D eigenvalue weighted by Gasteiger charge is -2.06. The number of ketones is 1. The molecule has 0 atom stereocenters. The summed E-state index contributed by atoms with van der Waals surface area (Å²) in [6.45, 7) is 0. The molecule has 3 aromatic rings. The molecule has 0 aliphatic carbocycles. The first-order valence-corrected chi connectivity index (χ1v) is 8.42. The van der Waals surface area contributed by atoms with Crippen LogP contribution in [-0.2, 0) is 0 Å². The minimum atomic E-state index is -0.579. The molecule has 1 aliphatic heterocycles. The van der Waals surface area contributed by atoms with Crippen LogP contribution in [0.4, 0.5) is 0 Å². The highest BCUT2D eigenvalue weighted by atomic mass is 32.2. The Morgan fingerprint density at radius 2 is 1.80 bits per heavy atom. The molecule has 0 radical (unpaired) electrons. The number of thioether (sulfide) groups is 1.